The van der Waals surface area contributed by atoms with Crippen LogP contribution < -0.4 is 5.32 Å². The Bertz CT molecular complexity index is 503. The number of nitrogens with one attached hydrogen (secondary N) is 1. The molecular formula is C14H18Cl2N2O3. The molecule has 2 N–H and O–H groups in total. The Balaban J connectivity index is 2.86. The zero-order valence-electron chi connectivity index (χ0n) is 11.9. The maximum atomic E-state index is 11.2. The van der Waals surface area contributed by atoms with Crippen LogP contribution in [0.3, 0.4) is 0 Å². The van der Waals surface area contributed by atoms with E-state index in [9.17, 15) is 14.7 Å². The lowest BCUT2D eigenvalue weighted by atomic mass is 10.1. The first-order valence-corrected chi connectivity index (χ1v) is 7.22. The van der Waals surface area contributed by atoms with E-state index < -0.39 is 12.0 Å². The first-order valence-electron chi connectivity index (χ1n) is 6.47. The van der Waals surface area contributed by atoms with Crippen molar-refractivity contribution in [1.29, 1.82) is 0 Å². The van der Waals surface area contributed by atoms with E-state index >= 15 is 0 Å². The van der Waals surface area contributed by atoms with Gasteiger partial charge in [-0.15, -0.1) is 0 Å². The van der Waals surface area contributed by atoms with Crippen LogP contribution in [-0.4, -0.2) is 41.0 Å². The van der Waals surface area contributed by atoms with Crippen molar-refractivity contribution < 1.29 is 14.7 Å². The van der Waals surface area contributed by atoms with E-state index in [1.54, 1.807) is 30.0 Å². The van der Waals surface area contributed by atoms with Gasteiger partial charge in [-0.05, 0) is 19.1 Å². The molecule has 0 aromatic heterocycles. The first kappa shape index (κ1) is 17.8. The number of amides is 1. The molecule has 0 saturated carbocycles. The average Bonchev–Trinajstić information content (AvgIpc) is 2.39. The van der Waals surface area contributed by atoms with Crippen LogP contribution in [0.5, 0.6) is 0 Å². The van der Waals surface area contributed by atoms with Crippen LogP contribution in [0.25, 0.3) is 0 Å². The number of carboxylic acid groups (broad SMARTS) is 1. The summed E-state index contributed by atoms with van der Waals surface area (Å²) in [6.07, 6.45) is 0. The summed E-state index contributed by atoms with van der Waals surface area (Å²) < 4.78 is 0. The Hall–Kier alpha value is -1.30. The number of hydrogen-bond acceptors (Lipinski definition) is 3. The van der Waals surface area contributed by atoms with E-state index in [0.717, 1.165) is 0 Å². The van der Waals surface area contributed by atoms with Crippen LogP contribution in [0, 0.1) is 0 Å². The largest absolute Gasteiger partial charge is 0.480 e. The molecule has 1 aromatic carbocycles. The van der Waals surface area contributed by atoms with Gasteiger partial charge in [-0.1, -0.05) is 29.3 Å². The van der Waals surface area contributed by atoms with Gasteiger partial charge in [0.25, 0.3) is 0 Å². The van der Waals surface area contributed by atoms with Gasteiger partial charge in [0, 0.05) is 42.2 Å². The average molecular weight is 333 g/mol. The summed E-state index contributed by atoms with van der Waals surface area (Å²) >= 11 is 12.2. The second-order valence-corrected chi connectivity index (χ2v) is 5.48. The second kappa shape index (κ2) is 8.22. The quantitative estimate of drug-likeness (QED) is 0.804. The monoisotopic (exact) mass is 332 g/mol. The standard InChI is InChI=1S/C14H18Cl2N2O3/c1-9(14(20)21)18(7-6-17-10(2)19)8-11-12(15)4-3-5-13(11)16/h3-5,9H,6-8H2,1-2H3,(H,17,19)(H,20,21). The smallest absolute Gasteiger partial charge is 0.320 e. The fraction of sp³-hybridized carbons (Fsp3) is 0.429. The zero-order chi connectivity index (χ0) is 16.0. The van der Waals surface area contributed by atoms with E-state index in [-0.39, 0.29) is 5.91 Å². The minimum atomic E-state index is -0.944. The topological polar surface area (TPSA) is 69.6 Å². The fourth-order valence-corrected chi connectivity index (χ4v) is 2.34. The van der Waals surface area contributed by atoms with E-state index in [1.165, 1.54) is 6.92 Å². The third-order valence-corrected chi connectivity index (χ3v) is 3.81. The molecule has 7 heteroatoms. The van der Waals surface area contributed by atoms with Gasteiger partial charge in [-0.2, -0.15) is 0 Å². The summed E-state index contributed by atoms with van der Waals surface area (Å²) in [5.41, 5.74) is 0.678. The molecule has 21 heavy (non-hydrogen) atoms. The zero-order valence-corrected chi connectivity index (χ0v) is 13.4. The summed E-state index contributed by atoms with van der Waals surface area (Å²) in [5, 5.41) is 12.8. The van der Waals surface area contributed by atoms with Crippen LogP contribution >= 0.6 is 23.2 Å². The molecular weight excluding hydrogens is 315 g/mol. The molecule has 5 nitrogen and oxygen atoms in total. The summed E-state index contributed by atoms with van der Waals surface area (Å²) in [6, 6.07) is 4.43. The summed E-state index contributed by atoms with van der Waals surface area (Å²) in [4.78, 5) is 23.8. The second-order valence-electron chi connectivity index (χ2n) is 4.67. The Kier molecular flexibility index (Phi) is 6.95. The van der Waals surface area contributed by atoms with Gasteiger partial charge in [-0.25, -0.2) is 0 Å². The van der Waals surface area contributed by atoms with E-state index in [4.69, 9.17) is 23.2 Å². The van der Waals surface area contributed by atoms with E-state index in [1.807, 2.05) is 0 Å². The molecule has 0 radical (unpaired) electrons. The number of aliphatic carboxylic acids is 1. The van der Waals surface area contributed by atoms with Gasteiger partial charge >= 0.3 is 5.97 Å². The van der Waals surface area contributed by atoms with Gasteiger partial charge < -0.3 is 10.4 Å². The summed E-state index contributed by atoms with van der Waals surface area (Å²) in [6.45, 7) is 4.03. The molecule has 0 heterocycles. The molecule has 0 spiro atoms. The van der Waals surface area contributed by atoms with Crippen molar-refractivity contribution in [3.05, 3.63) is 33.8 Å². The van der Waals surface area contributed by atoms with Crippen molar-refractivity contribution >= 4 is 35.1 Å². The van der Waals surface area contributed by atoms with E-state index in [2.05, 4.69) is 5.32 Å². The Labute approximate surface area is 133 Å². The number of carboxylic acids is 1. The minimum Gasteiger partial charge on any atom is -0.480 e. The lowest BCUT2D eigenvalue weighted by molar-refractivity contribution is -0.142. The summed E-state index contributed by atoms with van der Waals surface area (Å²) in [7, 11) is 0. The number of hydrogen-bond donors (Lipinski definition) is 2. The molecule has 0 aliphatic carbocycles. The van der Waals surface area contributed by atoms with Crippen molar-refractivity contribution in [2.45, 2.75) is 26.4 Å². The highest BCUT2D eigenvalue weighted by molar-refractivity contribution is 6.35. The van der Waals surface area contributed by atoms with Gasteiger partial charge in [0.1, 0.15) is 6.04 Å². The Morgan fingerprint density at radius 3 is 2.38 bits per heavy atom. The lowest BCUT2D eigenvalue weighted by Crippen LogP contribution is -2.42. The van der Waals surface area contributed by atoms with Crippen molar-refractivity contribution in [2.24, 2.45) is 0 Å². The number of rotatable bonds is 7. The SMILES string of the molecule is CC(=O)NCCN(Cc1c(Cl)cccc1Cl)C(C)C(=O)O. The Morgan fingerprint density at radius 1 is 1.33 bits per heavy atom. The van der Waals surface area contributed by atoms with Crippen LogP contribution in [-0.2, 0) is 16.1 Å². The molecule has 0 saturated heterocycles. The highest BCUT2D eigenvalue weighted by Crippen LogP contribution is 2.26. The van der Waals surface area contributed by atoms with Crippen molar-refractivity contribution in [3.63, 3.8) is 0 Å². The predicted octanol–water partition coefficient (Wildman–Crippen LogP) is 2.40. The number of halogens is 2. The summed E-state index contributed by atoms with van der Waals surface area (Å²) in [5.74, 6) is -1.10. The molecule has 0 bridgehead atoms. The maximum Gasteiger partial charge on any atom is 0.320 e. The van der Waals surface area contributed by atoms with Crippen LogP contribution in [0.1, 0.15) is 19.4 Å². The minimum absolute atomic E-state index is 0.159. The molecule has 1 rings (SSSR count). The number of benzene rings is 1. The maximum absolute atomic E-state index is 11.2. The molecule has 1 amide bonds. The van der Waals surface area contributed by atoms with Gasteiger partial charge in [0.2, 0.25) is 5.91 Å². The molecule has 1 atom stereocenters. The third kappa shape index (κ3) is 5.53. The number of nitrogens with zero attached hydrogens (tertiary/aromatic N) is 1. The van der Waals surface area contributed by atoms with Crippen LogP contribution in [0.4, 0.5) is 0 Å². The van der Waals surface area contributed by atoms with E-state index in [0.29, 0.717) is 35.2 Å². The molecule has 0 aliphatic rings. The van der Waals surface area contributed by atoms with Gasteiger partial charge in [-0.3, -0.25) is 14.5 Å². The van der Waals surface area contributed by atoms with Crippen LogP contribution in [0.15, 0.2) is 18.2 Å². The molecule has 116 valence electrons. The molecule has 0 fully saturated rings. The van der Waals surface area contributed by atoms with Crippen molar-refractivity contribution in [1.82, 2.24) is 10.2 Å². The normalized spacial score (nSPS) is 12.2. The van der Waals surface area contributed by atoms with Crippen molar-refractivity contribution in [3.8, 4) is 0 Å². The molecule has 0 aliphatic heterocycles. The first-order chi connectivity index (χ1) is 9.82. The molecule has 1 unspecified atom stereocenters. The highest BCUT2D eigenvalue weighted by atomic mass is 35.5. The third-order valence-electron chi connectivity index (χ3n) is 3.10. The Morgan fingerprint density at radius 2 is 1.90 bits per heavy atom. The van der Waals surface area contributed by atoms with Crippen molar-refractivity contribution in [2.75, 3.05) is 13.1 Å². The van der Waals surface area contributed by atoms with Gasteiger partial charge in [0.15, 0.2) is 0 Å². The lowest BCUT2D eigenvalue weighted by Gasteiger charge is -2.27. The number of carbonyl (C=O) groups excluding carboxylic acids is 1. The fourth-order valence-electron chi connectivity index (χ4n) is 1.83. The number of carbonyl (C=O) groups is 2. The predicted molar refractivity (Wildman–Crippen MR) is 82.7 cm³/mol. The van der Waals surface area contributed by atoms with Crippen LogP contribution in [0.2, 0.25) is 10.0 Å². The molecule has 1 aromatic rings. The highest BCUT2D eigenvalue weighted by Gasteiger charge is 2.22. The van der Waals surface area contributed by atoms with Gasteiger partial charge in [0.05, 0.1) is 0 Å².